The number of aliphatic hydroxyl groups excluding tert-OH is 1. The van der Waals surface area contributed by atoms with Crippen LogP contribution in [0.3, 0.4) is 0 Å². The van der Waals surface area contributed by atoms with E-state index in [2.05, 4.69) is 17.4 Å². The summed E-state index contributed by atoms with van der Waals surface area (Å²) in [5.74, 6) is -0.488. The van der Waals surface area contributed by atoms with Gasteiger partial charge in [0.15, 0.2) is 4.90 Å². The summed E-state index contributed by atoms with van der Waals surface area (Å²) in [6.45, 7) is 0.987. The Kier molecular flexibility index (Phi) is 7.07. The van der Waals surface area contributed by atoms with Crippen LogP contribution in [0.5, 0.6) is 0 Å². The molecule has 30 heavy (non-hydrogen) atoms. The average Bonchev–Trinajstić information content (AvgIpc) is 2.79. The lowest BCUT2D eigenvalue weighted by atomic mass is 10.0. The summed E-state index contributed by atoms with van der Waals surface area (Å²) < 4.78 is 12.5. The molecule has 0 bridgehead atoms. The van der Waals surface area contributed by atoms with E-state index in [-0.39, 0.29) is 0 Å². The summed E-state index contributed by atoms with van der Waals surface area (Å²) in [6.07, 6.45) is 1.82. The maximum Gasteiger partial charge on any atom is 0.246 e. The topological polar surface area (TPSA) is 98.4 Å². The van der Waals surface area contributed by atoms with E-state index in [4.69, 9.17) is 10.8 Å². The van der Waals surface area contributed by atoms with Crippen LogP contribution in [0.2, 0.25) is 0 Å². The van der Waals surface area contributed by atoms with Crippen molar-refractivity contribution in [3.63, 3.8) is 0 Å². The predicted molar refractivity (Wildman–Crippen MR) is 122 cm³/mol. The smallest absolute Gasteiger partial charge is 0.246 e. The number of hydrogen-bond acceptors (Lipinski definition) is 4. The number of amides is 1. The first-order valence-electron chi connectivity index (χ1n) is 9.44. The first kappa shape index (κ1) is 21.8. The van der Waals surface area contributed by atoms with Gasteiger partial charge in [-0.05, 0) is 54.0 Å². The maximum absolute atomic E-state index is 12.5. The normalized spacial score (nSPS) is 14.3. The molecule has 6 heteroatoms. The van der Waals surface area contributed by atoms with E-state index >= 15 is 0 Å². The summed E-state index contributed by atoms with van der Waals surface area (Å²) in [4.78, 5) is 12.6. The molecule has 0 heterocycles. The zero-order chi connectivity index (χ0) is 21.6. The average molecular weight is 421 g/mol. The van der Waals surface area contributed by atoms with Gasteiger partial charge in [0, 0.05) is 16.9 Å². The van der Waals surface area contributed by atoms with E-state index < -0.39 is 29.2 Å². The molecule has 0 aromatic heterocycles. The number of aliphatic hydroxyl groups is 1. The van der Waals surface area contributed by atoms with Gasteiger partial charge in [-0.15, -0.1) is 0 Å². The molecule has 0 saturated carbocycles. The molecule has 3 rings (SSSR count). The predicted octanol–water partition coefficient (Wildman–Crippen LogP) is 3.78. The third-order valence-electron chi connectivity index (χ3n) is 4.59. The third kappa shape index (κ3) is 5.58. The number of anilines is 1. The molecule has 0 saturated heterocycles. The Labute approximate surface area is 179 Å². The van der Waals surface area contributed by atoms with Crippen molar-refractivity contribution in [3.8, 4) is 11.1 Å². The monoisotopic (exact) mass is 420 g/mol. The Hall–Kier alpha value is -2.90. The molecule has 0 aliphatic heterocycles. The van der Waals surface area contributed by atoms with Crippen LogP contribution in [0.15, 0.2) is 89.2 Å². The molecule has 0 spiro atoms. The largest absolute Gasteiger partial charge is 0.607 e. The second-order valence-corrected chi connectivity index (χ2v) is 8.48. The van der Waals surface area contributed by atoms with Crippen molar-refractivity contribution >= 4 is 28.8 Å². The molecular weight excluding hydrogens is 396 g/mol. The Morgan fingerprint density at radius 2 is 1.63 bits per heavy atom. The molecule has 3 aromatic carbocycles. The number of carbonyl (C=O) groups excluding carboxylic acids is 1. The van der Waals surface area contributed by atoms with E-state index in [1.54, 1.807) is 29.7 Å². The van der Waals surface area contributed by atoms with Crippen molar-refractivity contribution in [1.29, 1.82) is 0 Å². The minimum atomic E-state index is -1.36. The van der Waals surface area contributed by atoms with E-state index in [1.165, 1.54) is 6.92 Å². The van der Waals surface area contributed by atoms with Gasteiger partial charge in [-0.25, -0.2) is 0 Å². The van der Waals surface area contributed by atoms with Gasteiger partial charge in [-0.1, -0.05) is 54.6 Å². The van der Waals surface area contributed by atoms with Crippen LogP contribution in [-0.4, -0.2) is 27.7 Å². The van der Waals surface area contributed by atoms with Gasteiger partial charge in [0.2, 0.25) is 5.91 Å². The highest BCUT2D eigenvalue weighted by Gasteiger charge is 2.27. The fraction of sp³-hybridized carbons (Fsp3) is 0.125. The van der Waals surface area contributed by atoms with Gasteiger partial charge >= 0.3 is 0 Å². The fourth-order valence-corrected chi connectivity index (χ4v) is 3.50. The van der Waals surface area contributed by atoms with E-state index in [0.29, 0.717) is 10.6 Å². The molecular formula is C24H24N2O3S. The number of nitrogens with one attached hydrogen (secondary N) is 1. The molecule has 2 atom stereocenters. The number of carbonyl (C=O) groups is 1. The summed E-state index contributed by atoms with van der Waals surface area (Å²) in [7, 11) is 0. The van der Waals surface area contributed by atoms with Crippen molar-refractivity contribution in [1.82, 2.24) is 0 Å². The molecule has 3 aromatic rings. The first-order valence-corrected chi connectivity index (χ1v) is 10.7. The van der Waals surface area contributed by atoms with Gasteiger partial charge in [-0.3, -0.25) is 4.79 Å². The lowest BCUT2D eigenvalue weighted by Gasteiger charge is -2.20. The summed E-state index contributed by atoms with van der Waals surface area (Å²) in [5, 5.41) is 13.4. The van der Waals surface area contributed by atoms with Gasteiger partial charge in [-0.2, -0.15) is 0 Å². The van der Waals surface area contributed by atoms with Crippen molar-refractivity contribution in [3.05, 3.63) is 89.8 Å². The van der Waals surface area contributed by atoms with E-state index in [0.717, 1.165) is 16.7 Å². The molecule has 1 amide bonds. The molecule has 4 N–H and O–H groups in total. The van der Waals surface area contributed by atoms with Crippen molar-refractivity contribution < 1.29 is 14.5 Å². The van der Waals surface area contributed by atoms with Gasteiger partial charge in [0.25, 0.3) is 0 Å². The van der Waals surface area contributed by atoms with Crippen molar-refractivity contribution in [2.45, 2.75) is 17.4 Å². The highest BCUT2D eigenvalue weighted by molar-refractivity contribution is 7.94. The van der Waals surface area contributed by atoms with E-state index in [9.17, 15) is 9.35 Å². The first-order chi connectivity index (χ1) is 14.4. The molecule has 0 aliphatic rings. The number of rotatable bonds is 7. The molecule has 1 unspecified atom stereocenters. The standard InChI is InChI=1S/C24H24N2O3S/c1-24(25,17-27)23(28)26-21-11-13-22(14-12-21)30(29)16-15-18-7-9-20(10-8-18)19-5-3-2-4-6-19/h2-16,27H,17,25H2,1H3,(H,26,28)/t24-,30?/m0/s1. The number of nitrogens with two attached hydrogens (primary N) is 1. The van der Waals surface area contributed by atoms with Crippen molar-refractivity contribution in [2.75, 3.05) is 11.9 Å². The number of benzene rings is 3. The highest BCUT2D eigenvalue weighted by atomic mass is 32.2. The zero-order valence-corrected chi connectivity index (χ0v) is 17.4. The SMILES string of the molecule is C[C@](N)(CO)C(=O)Nc1ccc([S+]([O-])C=Cc2ccc(-c3ccccc3)cc2)cc1. The lowest BCUT2D eigenvalue weighted by molar-refractivity contribution is -0.121. The minimum Gasteiger partial charge on any atom is -0.607 e. The fourth-order valence-electron chi connectivity index (χ4n) is 2.65. The van der Waals surface area contributed by atoms with Crippen LogP contribution in [0.25, 0.3) is 17.2 Å². The Morgan fingerprint density at radius 1 is 1.03 bits per heavy atom. The molecule has 0 fully saturated rings. The van der Waals surface area contributed by atoms with Crippen LogP contribution in [0.4, 0.5) is 5.69 Å². The Morgan fingerprint density at radius 3 is 2.23 bits per heavy atom. The lowest BCUT2D eigenvalue weighted by Crippen LogP contribution is -2.51. The van der Waals surface area contributed by atoms with Crippen LogP contribution in [0.1, 0.15) is 12.5 Å². The van der Waals surface area contributed by atoms with Gasteiger partial charge < -0.3 is 20.7 Å². The van der Waals surface area contributed by atoms with Crippen molar-refractivity contribution in [2.24, 2.45) is 5.73 Å². The Balaban J connectivity index is 1.62. The molecule has 5 nitrogen and oxygen atoms in total. The van der Waals surface area contributed by atoms with Crippen LogP contribution >= 0.6 is 0 Å². The quantitative estimate of drug-likeness (QED) is 0.507. The third-order valence-corrected chi connectivity index (χ3v) is 5.71. The highest BCUT2D eigenvalue weighted by Crippen LogP contribution is 2.21. The second-order valence-electron chi connectivity index (χ2n) is 7.14. The second kappa shape index (κ2) is 9.73. The summed E-state index contributed by atoms with van der Waals surface area (Å²) >= 11 is -1.32. The van der Waals surface area contributed by atoms with Crippen LogP contribution in [0, 0.1) is 0 Å². The molecule has 0 aliphatic carbocycles. The van der Waals surface area contributed by atoms with Crippen LogP contribution < -0.4 is 11.1 Å². The van der Waals surface area contributed by atoms with Crippen LogP contribution in [-0.2, 0) is 16.0 Å². The number of hydrogen-bond donors (Lipinski definition) is 3. The zero-order valence-electron chi connectivity index (χ0n) is 16.6. The molecule has 154 valence electrons. The van der Waals surface area contributed by atoms with Gasteiger partial charge in [0.05, 0.1) is 6.61 Å². The summed E-state index contributed by atoms with van der Waals surface area (Å²) in [5.41, 5.74) is 8.10. The Bertz CT molecular complexity index is 1000. The maximum atomic E-state index is 12.5. The van der Waals surface area contributed by atoms with E-state index in [1.807, 2.05) is 48.5 Å². The summed E-state index contributed by atoms with van der Waals surface area (Å²) in [6, 6.07) is 24.8. The molecule has 0 radical (unpaired) electrons. The minimum absolute atomic E-state index is 0.460. The van der Waals surface area contributed by atoms with Gasteiger partial charge in [0.1, 0.15) is 10.9 Å².